The van der Waals surface area contributed by atoms with Crippen LogP contribution in [0.1, 0.15) is 50.4 Å². The summed E-state index contributed by atoms with van der Waals surface area (Å²) in [5.41, 5.74) is 6.12. The topological polar surface area (TPSA) is 92.9 Å². The molecular weight excluding hydrogens is 254 g/mol. The Balaban J connectivity index is 2.68. The molecule has 0 fully saturated rings. The van der Waals surface area contributed by atoms with Gasteiger partial charge in [0.25, 0.3) is 0 Å². The van der Waals surface area contributed by atoms with Crippen LogP contribution in [-0.2, 0) is 4.79 Å². The van der Waals surface area contributed by atoms with Gasteiger partial charge < -0.3 is 16.4 Å². The fourth-order valence-electron chi connectivity index (χ4n) is 1.84. The highest BCUT2D eigenvalue weighted by molar-refractivity contribution is 5.73. The van der Waals surface area contributed by atoms with Gasteiger partial charge in [-0.1, -0.05) is 13.8 Å². The third kappa shape index (κ3) is 4.68. The van der Waals surface area contributed by atoms with Crippen molar-refractivity contribution in [2.45, 2.75) is 46.0 Å². The van der Waals surface area contributed by atoms with E-state index in [0.29, 0.717) is 6.42 Å². The number of primary amides is 1. The van der Waals surface area contributed by atoms with Gasteiger partial charge in [0.1, 0.15) is 17.5 Å². The summed E-state index contributed by atoms with van der Waals surface area (Å²) in [7, 11) is 1.86. The minimum atomic E-state index is -0.247. The number of anilines is 2. The molecule has 1 amide bonds. The first kappa shape index (κ1) is 16.2. The van der Waals surface area contributed by atoms with Gasteiger partial charge in [0, 0.05) is 31.5 Å². The molecular formula is C14H25N5O. The summed E-state index contributed by atoms with van der Waals surface area (Å²) in [4.78, 5) is 19.7. The zero-order valence-corrected chi connectivity index (χ0v) is 12.8. The van der Waals surface area contributed by atoms with Gasteiger partial charge in [0.2, 0.25) is 5.91 Å². The molecule has 112 valence electrons. The molecule has 0 radical (unpaired) electrons. The molecule has 0 spiro atoms. The molecule has 0 atom stereocenters. The van der Waals surface area contributed by atoms with Crippen LogP contribution in [-0.4, -0.2) is 29.5 Å². The third-order valence-corrected chi connectivity index (χ3v) is 3.06. The van der Waals surface area contributed by atoms with E-state index in [1.165, 1.54) is 0 Å². The molecule has 0 saturated heterocycles. The second-order valence-corrected chi connectivity index (χ2v) is 5.16. The third-order valence-electron chi connectivity index (χ3n) is 3.06. The lowest BCUT2D eigenvalue weighted by Crippen LogP contribution is -2.13. The Morgan fingerprint density at radius 2 is 1.90 bits per heavy atom. The van der Waals surface area contributed by atoms with Crippen molar-refractivity contribution >= 4 is 17.5 Å². The summed E-state index contributed by atoms with van der Waals surface area (Å²) in [6, 6.07) is 0. The van der Waals surface area contributed by atoms with E-state index in [1.807, 2.05) is 14.0 Å². The molecule has 0 saturated carbocycles. The Kier molecular flexibility index (Phi) is 6.21. The fraction of sp³-hybridized carbons (Fsp3) is 0.643. The monoisotopic (exact) mass is 279 g/mol. The maximum atomic E-state index is 10.7. The molecule has 0 unspecified atom stereocenters. The first-order valence-corrected chi connectivity index (χ1v) is 7.04. The van der Waals surface area contributed by atoms with Gasteiger partial charge in [-0.05, 0) is 19.8 Å². The van der Waals surface area contributed by atoms with E-state index in [9.17, 15) is 4.79 Å². The maximum Gasteiger partial charge on any atom is 0.217 e. The number of carbonyl (C=O) groups is 1. The van der Waals surface area contributed by atoms with E-state index < -0.39 is 0 Å². The van der Waals surface area contributed by atoms with Crippen LogP contribution >= 0.6 is 0 Å². The number of unbranched alkanes of at least 4 members (excludes halogenated alkanes) is 1. The summed E-state index contributed by atoms with van der Waals surface area (Å²) in [5, 5.41) is 6.41. The molecule has 6 nitrogen and oxygen atoms in total. The van der Waals surface area contributed by atoms with Crippen molar-refractivity contribution in [3.63, 3.8) is 0 Å². The number of hydrogen-bond donors (Lipinski definition) is 3. The lowest BCUT2D eigenvalue weighted by molar-refractivity contribution is -0.118. The molecule has 1 heterocycles. The fourth-order valence-corrected chi connectivity index (χ4v) is 1.84. The molecule has 1 rings (SSSR count). The van der Waals surface area contributed by atoms with E-state index in [1.54, 1.807) is 0 Å². The van der Waals surface area contributed by atoms with Crippen LogP contribution in [0.5, 0.6) is 0 Å². The number of amides is 1. The molecule has 0 aliphatic carbocycles. The number of nitrogens with two attached hydrogens (primary N) is 1. The number of rotatable bonds is 8. The quantitative estimate of drug-likeness (QED) is 0.633. The minimum absolute atomic E-state index is 0.247. The Labute approximate surface area is 120 Å². The van der Waals surface area contributed by atoms with Crippen LogP contribution < -0.4 is 16.4 Å². The first-order valence-electron chi connectivity index (χ1n) is 7.04. The highest BCUT2D eigenvalue weighted by Gasteiger charge is 2.11. The number of hydrogen-bond acceptors (Lipinski definition) is 5. The number of nitrogens with zero attached hydrogens (tertiary/aromatic N) is 2. The number of carbonyl (C=O) groups excluding carboxylic acids is 1. The van der Waals surface area contributed by atoms with Crippen molar-refractivity contribution in [1.82, 2.24) is 9.97 Å². The Bertz CT molecular complexity index is 459. The molecule has 0 aliphatic heterocycles. The van der Waals surface area contributed by atoms with Crippen LogP contribution in [0.4, 0.5) is 11.6 Å². The molecule has 20 heavy (non-hydrogen) atoms. The summed E-state index contributed by atoms with van der Waals surface area (Å²) >= 11 is 0. The van der Waals surface area contributed by atoms with Gasteiger partial charge in [-0.15, -0.1) is 0 Å². The largest absolute Gasteiger partial charge is 0.373 e. The number of aromatic nitrogens is 2. The van der Waals surface area contributed by atoms with Crippen LogP contribution in [0.15, 0.2) is 0 Å². The van der Waals surface area contributed by atoms with Crippen LogP contribution in [0.2, 0.25) is 0 Å². The molecule has 0 bridgehead atoms. The summed E-state index contributed by atoms with van der Waals surface area (Å²) in [6.07, 6.45) is 2.12. The second-order valence-electron chi connectivity index (χ2n) is 5.16. The smallest absolute Gasteiger partial charge is 0.217 e. The second kappa shape index (κ2) is 7.67. The van der Waals surface area contributed by atoms with Gasteiger partial charge in [-0.25, -0.2) is 9.97 Å². The van der Waals surface area contributed by atoms with Gasteiger partial charge in [0.05, 0.1) is 0 Å². The number of nitrogens with one attached hydrogen (secondary N) is 2. The predicted octanol–water partition coefficient (Wildman–Crippen LogP) is 2.02. The van der Waals surface area contributed by atoms with Crippen molar-refractivity contribution in [3.8, 4) is 0 Å². The van der Waals surface area contributed by atoms with Crippen LogP contribution in [0.3, 0.4) is 0 Å². The van der Waals surface area contributed by atoms with Crippen molar-refractivity contribution < 1.29 is 4.79 Å². The average Bonchev–Trinajstić information content (AvgIpc) is 2.39. The molecule has 4 N–H and O–H groups in total. The molecule has 0 aromatic carbocycles. The van der Waals surface area contributed by atoms with Gasteiger partial charge in [-0.3, -0.25) is 4.79 Å². The Morgan fingerprint density at radius 1 is 1.25 bits per heavy atom. The first-order chi connectivity index (χ1) is 9.45. The SMILES string of the molecule is CNc1nc(C(C)C)nc(NCCCCC(N)=O)c1C. The van der Waals surface area contributed by atoms with E-state index in [0.717, 1.165) is 42.4 Å². The van der Waals surface area contributed by atoms with E-state index in [4.69, 9.17) is 5.73 Å². The van der Waals surface area contributed by atoms with Gasteiger partial charge in [-0.2, -0.15) is 0 Å². The summed E-state index contributed by atoms with van der Waals surface area (Å²) in [6.45, 7) is 6.90. The Hall–Kier alpha value is -1.85. The van der Waals surface area contributed by atoms with Gasteiger partial charge in [0.15, 0.2) is 0 Å². The highest BCUT2D eigenvalue weighted by Crippen LogP contribution is 2.22. The predicted molar refractivity (Wildman–Crippen MR) is 81.9 cm³/mol. The van der Waals surface area contributed by atoms with Crippen LogP contribution in [0, 0.1) is 6.92 Å². The normalized spacial score (nSPS) is 10.7. The zero-order valence-electron chi connectivity index (χ0n) is 12.8. The molecule has 0 aliphatic rings. The van der Waals surface area contributed by atoms with Gasteiger partial charge >= 0.3 is 0 Å². The van der Waals surface area contributed by atoms with E-state index in [2.05, 4.69) is 34.4 Å². The van der Waals surface area contributed by atoms with Crippen molar-refractivity contribution in [2.75, 3.05) is 24.2 Å². The van der Waals surface area contributed by atoms with E-state index >= 15 is 0 Å². The lowest BCUT2D eigenvalue weighted by atomic mass is 10.2. The Morgan fingerprint density at radius 3 is 2.45 bits per heavy atom. The van der Waals surface area contributed by atoms with Crippen molar-refractivity contribution in [2.24, 2.45) is 5.73 Å². The minimum Gasteiger partial charge on any atom is -0.373 e. The zero-order chi connectivity index (χ0) is 15.1. The summed E-state index contributed by atoms with van der Waals surface area (Å²) in [5.74, 6) is 2.55. The molecule has 1 aromatic heterocycles. The summed E-state index contributed by atoms with van der Waals surface area (Å²) < 4.78 is 0. The maximum absolute atomic E-state index is 10.7. The van der Waals surface area contributed by atoms with Crippen molar-refractivity contribution in [3.05, 3.63) is 11.4 Å². The standard InChI is InChI=1S/C14H25N5O/c1-9(2)12-18-13(16-4)10(3)14(19-12)17-8-6-5-7-11(15)20/h9H,5-8H2,1-4H3,(H2,15,20)(H2,16,17,18,19). The molecule has 6 heteroatoms. The average molecular weight is 279 g/mol. The van der Waals surface area contributed by atoms with E-state index in [-0.39, 0.29) is 11.8 Å². The highest BCUT2D eigenvalue weighted by atomic mass is 16.1. The lowest BCUT2D eigenvalue weighted by Gasteiger charge is -2.15. The van der Waals surface area contributed by atoms with Crippen molar-refractivity contribution in [1.29, 1.82) is 0 Å². The molecule has 1 aromatic rings. The van der Waals surface area contributed by atoms with Crippen LogP contribution in [0.25, 0.3) is 0 Å².